The summed E-state index contributed by atoms with van der Waals surface area (Å²) in [5, 5.41) is 3.13. The SMILES string of the molecule is Cc1cc(Cl)ccc1-c1cccc(COc2ccc([C@H](CC(=O)N=O)C(=O)N(C)C)cc2)c1. The molecule has 33 heavy (non-hydrogen) atoms. The number of halogens is 1. The average Bonchev–Trinajstić information content (AvgIpc) is 2.81. The first-order chi connectivity index (χ1) is 15.8. The molecular weight excluding hydrogens is 440 g/mol. The molecule has 0 saturated heterocycles. The van der Waals surface area contributed by atoms with Crippen LogP contribution in [0.5, 0.6) is 5.75 Å². The van der Waals surface area contributed by atoms with Gasteiger partial charge in [-0.25, -0.2) is 0 Å². The molecule has 2 amide bonds. The lowest BCUT2D eigenvalue weighted by Crippen LogP contribution is -2.29. The molecule has 3 aromatic rings. The lowest BCUT2D eigenvalue weighted by atomic mass is 9.94. The molecule has 6 nitrogen and oxygen atoms in total. The maximum Gasteiger partial charge on any atom is 0.287 e. The Labute approximate surface area is 198 Å². The zero-order valence-corrected chi connectivity index (χ0v) is 19.5. The molecule has 0 unspecified atom stereocenters. The van der Waals surface area contributed by atoms with Gasteiger partial charge in [0.25, 0.3) is 5.91 Å². The van der Waals surface area contributed by atoms with Crippen LogP contribution >= 0.6 is 11.6 Å². The molecule has 0 spiro atoms. The second-order valence-electron chi connectivity index (χ2n) is 7.99. The number of likely N-dealkylation sites (N-methyl/N-ethyl adjacent to an activating group) is 1. The van der Waals surface area contributed by atoms with Crippen LogP contribution in [-0.2, 0) is 16.2 Å². The van der Waals surface area contributed by atoms with Gasteiger partial charge in [0, 0.05) is 30.7 Å². The van der Waals surface area contributed by atoms with Crippen LogP contribution in [0.3, 0.4) is 0 Å². The molecule has 0 aliphatic heterocycles. The van der Waals surface area contributed by atoms with Crippen molar-refractivity contribution in [3.63, 3.8) is 0 Å². The minimum Gasteiger partial charge on any atom is -0.489 e. The van der Waals surface area contributed by atoms with Crippen LogP contribution in [0.4, 0.5) is 0 Å². The van der Waals surface area contributed by atoms with Gasteiger partial charge in [-0.15, -0.1) is 4.91 Å². The van der Waals surface area contributed by atoms with Gasteiger partial charge in [0.1, 0.15) is 12.4 Å². The molecular formula is C26H25ClN2O4. The zero-order valence-electron chi connectivity index (χ0n) is 18.7. The second kappa shape index (κ2) is 10.9. The number of amides is 2. The van der Waals surface area contributed by atoms with Crippen molar-refractivity contribution in [3.05, 3.63) is 93.4 Å². The summed E-state index contributed by atoms with van der Waals surface area (Å²) in [7, 11) is 3.20. The van der Waals surface area contributed by atoms with Crippen molar-refractivity contribution in [2.24, 2.45) is 5.18 Å². The predicted octanol–water partition coefficient (Wildman–Crippen LogP) is 5.75. The van der Waals surface area contributed by atoms with Crippen molar-refractivity contribution in [3.8, 4) is 16.9 Å². The van der Waals surface area contributed by atoms with Crippen LogP contribution in [0.2, 0.25) is 5.02 Å². The molecule has 170 valence electrons. The molecule has 0 heterocycles. The monoisotopic (exact) mass is 464 g/mol. The normalized spacial score (nSPS) is 11.5. The molecule has 3 rings (SSSR count). The zero-order chi connectivity index (χ0) is 24.0. The van der Waals surface area contributed by atoms with Crippen LogP contribution in [-0.4, -0.2) is 30.8 Å². The van der Waals surface area contributed by atoms with E-state index >= 15 is 0 Å². The van der Waals surface area contributed by atoms with Gasteiger partial charge in [0.15, 0.2) is 0 Å². The minimum absolute atomic E-state index is 0.266. The summed E-state index contributed by atoms with van der Waals surface area (Å²) in [5.41, 5.74) is 4.93. The number of carbonyl (C=O) groups excluding carboxylic acids is 2. The summed E-state index contributed by atoms with van der Waals surface area (Å²) >= 11 is 6.07. The number of carbonyl (C=O) groups is 2. The van der Waals surface area contributed by atoms with E-state index in [-0.39, 0.29) is 12.3 Å². The van der Waals surface area contributed by atoms with Crippen LogP contribution in [0.1, 0.15) is 29.0 Å². The molecule has 0 aliphatic carbocycles. The fourth-order valence-corrected chi connectivity index (χ4v) is 3.84. The van der Waals surface area contributed by atoms with Gasteiger partial charge in [0.05, 0.1) is 5.92 Å². The Morgan fingerprint density at radius 1 is 1.03 bits per heavy atom. The highest BCUT2D eigenvalue weighted by Gasteiger charge is 2.25. The maximum absolute atomic E-state index is 12.5. The summed E-state index contributed by atoms with van der Waals surface area (Å²) in [4.78, 5) is 35.9. The van der Waals surface area contributed by atoms with Crippen LogP contribution < -0.4 is 4.74 Å². The van der Waals surface area contributed by atoms with Gasteiger partial charge < -0.3 is 9.64 Å². The van der Waals surface area contributed by atoms with E-state index in [4.69, 9.17) is 16.3 Å². The van der Waals surface area contributed by atoms with Crippen LogP contribution in [0.15, 0.2) is 71.9 Å². The first-order valence-corrected chi connectivity index (χ1v) is 10.8. The predicted molar refractivity (Wildman–Crippen MR) is 129 cm³/mol. The number of nitroso groups, excluding NO2 is 1. The highest BCUT2D eigenvalue weighted by Crippen LogP contribution is 2.28. The Morgan fingerprint density at radius 3 is 2.39 bits per heavy atom. The summed E-state index contributed by atoms with van der Waals surface area (Å²) in [5.74, 6) is -1.26. The van der Waals surface area contributed by atoms with Crippen LogP contribution in [0, 0.1) is 11.8 Å². The van der Waals surface area contributed by atoms with E-state index in [1.807, 2.05) is 43.3 Å². The lowest BCUT2D eigenvalue weighted by molar-refractivity contribution is -0.132. The second-order valence-corrected chi connectivity index (χ2v) is 8.43. The molecule has 0 saturated carbocycles. The number of benzene rings is 3. The van der Waals surface area contributed by atoms with E-state index in [2.05, 4.69) is 11.2 Å². The summed E-state index contributed by atoms with van der Waals surface area (Å²) in [6, 6.07) is 20.9. The molecule has 0 fully saturated rings. The fourth-order valence-electron chi connectivity index (χ4n) is 3.61. The highest BCUT2D eigenvalue weighted by molar-refractivity contribution is 6.30. The Balaban J connectivity index is 1.72. The Hall–Kier alpha value is -3.51. The third-order valence-electron chi connectivity index (χ3n) is 5.33. The lowest BCUT2D eigenvalue weighted by Gasteiger charge is -2.19. The van der Waals surface area contributed by atoms with Gasteiger partial charge in [-0.3, -0.25) is 9.59 Å². The van der Waals surface area contributed by atoms with E-state index in [9.17, 15) is 14.5 Å². The van der Waals surface area contributed by atoms with Gasteiger partial charge in [-0.2, -0.15) is 0 Å². The summed E-state index contributed by atoms with van der Waals surface area (Å²) < 4.78 is 5.93. The average molecular weight is 465 g/mol. The number of ether oxygens (including phenoxy) is 1. The molecule has 0 radical (unpaired) electrons. The molecule has 0 aromatic heterocycles. The van der Waals surface area contributed by atoms with Gasteiger partial charge >= 0.3 is 0 Å². The Morgan fingerprint density at radius 2 is 1.76 bits per heavy atom. The Bertz CT molecular complexity index is 1160. The largest absolute Gasteiger partial charge is 0.489 e. The van der Waals surface area contributed by atoms with Gasteiger partial charge in [-0.05, 0) is 65.1 Å². The molecule has 3 aromatic carbocycles. The van der Waals surface area contributed by atoms with Crippen LogP contribution in [0.25, 0.3) is 11.1 Å². The molecule has 0 bridgehead atoms. The molecule has 0 aliphatic rings. The number of aryl methyl sites for hydroxylation is 1. The van der Waals surface area contributed by atoms with Crippen molar-refractivity contribution in [2.45, 2.75) is 25.9 Å². The third-order valence-corrected chi connectivity index (χ3v) is 5.57. The van der Waals surface area contributed by atoms with Crippen molar-refractivity contribution in [2.75, 3.05) is 14.1 Å². The summed E-state index contributed by atoms with van der Waals surface area (Å²) in [6.45, 7) is 2.40. The van der Waals surface area contributed by atoms with Crippen molar-refractivity contribution in [1.82, 2.24) is 4.90 Å². The Kier molecular flexibility index (Phi) is 7.96. The van der Waals surface area contributed by atoms with E-state index in [1.54, 1.807) is 38.4 Å². The molecule has 0 N–H and O–H groups in total. The highest BCUT2D eigenvalue weighted by atomic mass is 35.5. The first kappa shape index (κ1) is 24.1. The van der Waals surface area contributed by atoms with Crippen molar-refractivity contribution in [1.29, 1.82) is 0 Å². The molecule has 1 atom stereocenters. The smallest absolute Gasteiger partial charge is 0.287 e. The number of hydrogen-bond donors (Lipinski definition) is 0. The van der Waals surface area contributed by atoms with E-state index < -0.39 is 11.8 Å². The van der Waals surface area contributed by atoms with Gasteiger partial charge in [-0.1, -0.05) is 48.0 Å². The number of hydrogen-bond acceptors (Lipinski definition) is 4. The molecule has 7 heteroatoms. The van der Waals surface area contributed by atoms with E-state index in [1.165, 1.54) is 4.90 Å². The number of rotatable bonds is 8. The summed E-state index contributed by atoms with van der Waals surface area (Å²) in [6.07, 6.45) is -0.266. The quantitative estimate of drug-likeness (QED) is 0.398. The first-order valence-electron chi connectivity index (χ1n) is 10.4. The number of nitrogens with zero attached hydrogens (tertiary/aromatic N) is 2. The topological polar surface area (TPSA) is 76.0 Å². The standard InChI is InChI=1S/C26H25ClN2O4/c1-17-13-21(27)9-12-23(17)20-6-4-5-18(14-20)16-33-22-10-7-19(8-11-22)24(15-25(30)28-32)26(31)29(2)3/h4-14,24H,15-16H2,1-3H3/t24-/m0/s1. The van der Waals surface area contributed by atoms with Gasteiger partial charge in [0.2, 0.25) is 5.91 Å². The third kappa shape index (κ3) is 6.26. The van der Waals surface area contributed by atoms with E-state index in [0.717, 1.165) is 22.3 Å². The fraction of sp³-hybridized carbons (Fsp3) is 0.231. The van der Waals surface area contributed by atoms with Crippen molar-refractivity contribution < 1.29 is 14.3 Å². The van der Waals surface area contributed by atoms with Crippen molar-refractivity contribution >= 4 is 23.4 Å². The van der Waals surface area contributed by atoms with E-state index in [0.29, 0.717) is 22.9 Å². The minimum atomic E-state index is -0.855. The maximum atomic E-state index is 12.5.